The van der Waals surface area contributed by atoms with Crippen LogP contribution in [-0.2, 0) is 11.2 Å². The van der Waals surface area contributed by atoms with Crippen molar-refractivity contribution in [3.05, 3.63) is 82.2 Å². The number of aryl methyl sites for hydroxylation is 1. The molecule has 1 heterocycles. The van der Waals surface area contributed by atoms with Crippen LogP contribution in [0.5, 0.6) is 0 Å². The molecule has 0 aliphatic rings. The van der Waals surface area contributed by atoms with Gasteiger partial charge in [0, 0.05) is 24.4 Å². The number of hydrogen-bond acceptors (Lipinski definition) is 2. The number of carbonyl (C=O) groups is 1. The summed E-state index contributed by atoms with van der Waals surface area (Å²) < 4.78 is 55.4. The fourth-order valence-corrected chi connectivity index (χ4v) is 3.31. The Hall–Kier alpha value is -3.16. The lowest BCUT2D eigenvalue weighted by molar-refractivity contribution is -0.131. The highest BCUT2D eigenvalue weighted by atomic mass is 19.2. The van der Waals surface area contributed by atoms with E-state index in [0.717, 1.165) is 24.3 Å². The maximum absolute atomic E-state index is 14.2. The molecular weight excluding hydrogens is 398 g/mol. The summed E-state index contributed by atoms with van der Waals surface area (Å²) in [6.45, 7) is 5.11. The first-order valence-electron chi connectivity index (χ1n) is 9.31. The molecule has 0 N–H and O–H groups in total. The average molecular weight is 419 g/mol. The minimum atomic E-state index is -0.977. The number of rotatable bonds is 5. The van der Waals surface area contributed by atoms with Gasteiger partial charge < -0.3 is 4.90 Å². The second-order valence-electron chi connectivity index (χ2n) is 7.19. The van der Waals surface area contributed by atoms with E-state index in [1.54, 1.807) is 27.8 Å². The Bertz CT molecular complexity index is 1110. The van der Waals surface area contributed by atoms with E-state index in [9.17, 15) is 22.4 Å². The Labute approximate surface area is 171 Å². The lowest BCUT2D eigenvalue weighted by Crippen LogP contribution is -2.31. The Morgan fingerprint density at radius 2 is 1.73 bits per heavy atom. The minimum Gasteiger partial charge on any atom is -0.339 e. The monoisotopic (exact) mass is 419 g/mol. The second-order valence-corrected chi connectivity index (χ2v) is 7.19. The maximum Gasteiger partial charge on any atom is 0.227 e. The summed E-state index contributed by atoms with van der Waals surface area (Å²) in [5, 5.41) is 4.30. The van der Waals surface area contributed by atoms with Gasteiger partial charge in [-0.1, -0.05) is 6.07 Å². The zero-order valence-corrected chi connectivity index (χ0v) is 17.0. The predicted octanol–water partition coefficient (Wildman–Crippen LogP) is 4.81. The van der Waals surface area contributed by atoms with Crippen LogP contribution >= 0.6 is 0 Å². The van der Waals surface area contributed by atoms with E-state index in [0.29, 0.717) is 22.5 Å². The number of likely N-dealkylation sites (N-methyl/N-ethyl adjacent to an activating group) is 1. The van der Waals surface area contributed by atoms with Crippen molar-refractivity contribution < 1.29 is 22.4 Å². The fraction of sp³-hybridized carbons (Fsp3) is 0.273. The van der Waals surface area contributed by atoms with Gasteiger partial charge in [0.05, 0.1) is 18.2 Å². The molecule has 2 aromatic carbocycles. The summed E-state index contributed by atoms with van der Waals surface area (Å²) in [5.41, 5.74) is 2.26. The molecule has 1 amide bonds. The molecule has 158 valence electrons. The van der Waals surface area contributed by atoms with Crippen LogP contribution in [0, 0.1) is 37.1 Å². The Morgan fingerprint density at radius 3 is 2.37 bits per heavy atom. The van der Waals surface area contributed by atoms with Gasteiger partial charge in [-0.2, -0.15) is 5.10 Å². The lowest BCUT2D eigenvalue weighted by Gasteiger charge is -2.25. The molecule has 0 saturated carbocycles. The van der Waals surface area contributed by atoms with Crippen LogP contribution in [-0.4, -0.2) is 27.6 Å². The molecule has 1 aromatic heterocycles. The predicted molar refractivity (Wildman–Crippen MR) is 104 cm³/mol. The van der Waals surface area contributed by atoms with E-state index in [-0.39, 0.29) is 18.0 Å². The smallest absolute Gasteiger partial charge is 0.227 e. The highest BCUT2D eigenvalue weighted by Gasteiger charge is 2.23. The van der Waals surface area contributed by atoms with Crippen LogP contribution in [0.15, 0.2) is 36.4 Å². The molecule has 0 fully saturated rings. The van der Waals surface area contributed by atoms with Crippen molar-refractivity contribution >= 4 is 5.91 Å². The van der Waals surface area contributed by atoms with E-state index in [2.05, 4.69) is 5.10 Å². The summed E-state index contributed by atoms with van der Waals surface area (Å²) in [6.07, 6.45) is -0.00893. The first-order valence-corrected chi connectivity index (χ1v) is 9.31. The third-order valence-corrected chi connectivity index (χ3v) is 5.31. The number of aromatic nitrogens is 2. The second kappa shape index (κ2) is 8.30. The molecule has 1 atom stereocenters. The average Bonchev–Trinajstić information content (AvgIpc) is 2.97. The van der Waals surface area contributed by atoms with Crippen LogP contribution in [0.3, 0.4) is 0 Å². The van der Waals surface area contributed by atoms with Gasteiger partial charge in [0.25, 0.3) is 0 Å². The molecule has 0 bridgehead atoms. The topological polar surface area (TPSA) is 38.1 Å². The summed E-state index contributed by atoms with van der Waals surface area (Å²) >= 11 is 0. The molecule has 4 nitrogen and oxygen atoms in total. The van der Waals surface area contributed by atoms with Crippen molar-refractivity contribution in [1.82, 2.24) is 14.7 Å². The van der Waals surface area contributed by atoms with Gasteiger partial charge in [-0.25, -0.2) is 22.2 Å². The van der Waals surface area contributed by atoms with Crippen molar-refractivity contribution in [2.24, 2.45) is 0 Å². The van der Waals surface area contributed by atoms with Gasteiger partial charge in [0.2, 0.25) is 5.91 Å². The van der Waals surface area contributed by atoms with Crippen LogP contribution in [0.2, 0.25) is 0 Å². The molecule has 0 aliphatic heterocycles. The molecular formula is C22H21F4N3O. The van der Waals surface area contributed by atoms with E-state index in [1.807, 2.05) is 0 Å². The van der Waals surface area contributed by atoms with Crippen molar-refractivity contribution in [2.75, 3.05) is 7.05 Å². The van der Waals surface area contributed by atoms with E-state index < -0.39 is 29.3 Å². The SMILES string of the molecule is Cc1nn(-c2ccc(F)cc2F)c(C)c1CC(=O)N(C)[C@H](C)c1ccc(F)c(F)c1. The Kier molecular flexibility index (Phi) is 5.96. The summed E-state index contributed by atoms with van der Waals surface area (Å²) in [4.78, 5) is 14.3. The number of hydrogen-bond donors (Lipinski definition) is 0. The molecule has 0 saturated heterocycles. The molecule has 3 rings (SSSR count). The maximum atomic E-state index is 14.2. The fourth-order valence-electron chi connectivity index (χ4n) is 3.31. The first kappa shape index (κ1) is 21.5. The van der Waals surface area contributed by atoms with Crippen LogP contribution in [0.25, 0.3) is 5.69 Å². The molecule has 0 aliphatic carbocycles. The summed E-state index contributed by atoms with van der Waals surface area (Å²) in [7, 11) is 1.57. The molecule has 0 radical (unpaired) electrons. The number of benzene rings is 2. The van der Waals surface area contributed by atoms with Crippen LogP contribution in [0.4, 0.5) is 17.6 Å². The van der Waals surface area contributed by atoms with E-state index >= 15 is 0 Å². The zero-order chi connectivity index (χ0) is 22.2. The molecule has 8 heteroatoms. The zero-order valence-electron chi connectivity index (χ0n) is 17.0. The Balaban J connectivity index is 1.84. The molecule has 3 aromatic rings. The number of nitrogens with zero attached hydrogens (tertiary/aromatic N) is 3. The molecule has 0 spiro atoms. The van der Waals surface area contributed by atoms with E-state index in [1.165, 1.54) is 21.7 Å². The highest BCUT2D eigenvalue weighted by molar-refractivity contribution is 5.79. The number of carbonyl (C=O) groups excluding carboxylic acids is 1. The highest BCUT2D eigenvalue weighted by Crippen LogP contribution is 2.24. The normalized spacial score (nSPS) is 12.1. The van der Waals surface area contributed by atoms with Crippen molar-refractivity contribution in [3.8, 4) is 5.69 Å². The van der Waals surface area contributed by atoms with Gasteiger partial charge in [0.1, 0.15) is 11.5 Å². The van der Waals surface area contributed by atoms with Crippen molar-refractivity contribution in [3.63, 3.8) is 0 Å². The molecule has 0 unspecified atom stereocenters. The van der Waals surface area contributed by atoms with Crippen LogP contribution in [0.1, 0.15) is 35.5 Å². The van der Waals surface area contributed by atoms with Gasteiger partial charge in [0.15, 0.2) is 17.5 Å². The summed E-state index contributed by atoms with van der Waals surface area (Å²) in [5.74, 6) is -3.65. The number of amides is 1. The summed E-state index contributed by atoms with van der Waals surface area (Å²) in [6, 6.07) is 6.22. The third kappa shape index (κ3) is 4.08. The van der Waals surface area contributed by atoms with Crippen molar-refractivity contribution in [1.29, 1.82) is 0 Å². The van der Waals surface area contributed by atoms with Gasteiger partial charge in [-0.15, -0.1) is 0 Å². The minimum absolute atomic E-state index is 0.00893. The van der Waals surface area contributed by atoms with Crippen molar-refractivity contribution in [2.45, 2.75) is 33.2 Å². The lowest BCUT2D eigenvalue weighted by atomic mass is 10.0. The van der Waals surface area contributed by atoms with E-state index in [4.69, 9.17) is 0 Å². The third-order valence-electron chi connectivity index (χ3n) is 5.31. The van der Waals surface area contributed by atoms with Gasteiger partial charge >= 0.3 is 0 Å². The Morgan fingerprint density at radius 1 is 1.03 bits per heavy atom. The quantitative estimate of drug-likeness (QED) is 0.557. The number of halogens is 4. The largest absolute Gasteiger partial charge is 0.339 e. The van der Waals surface area contributed by atoms with Gasteiger partial charge in [-0.3, -0.25) is 4.79 Å². The standard InChI is InChI=1S/C22H21F4N3O/c1-12-17(14(3)29(27-12)21-8-6-16(23)10-20(21)26)11-22(30)28(4)13(2)15-5-7-18(24)19(25)9-15/h5-10,13H,11H2,1-4H3/t13-/m1/s1. The molecule has 30 heavy (non-hydrogen) atoms. The first-order chi connectivity index (χ1) is 14.1. The van der Waals surface area contributed by atoms with Crippen LogP contribution < -0.4 is 0 Å². The van der Waals surface area contributed by atoms with Gasteiger partial charge in [-0.05, 0) is 50.6 Å².